The van der Waals surface area contributed by atoms with Gasteiger partial charge in [0.2, 0.25) is 0 Å². The zero-order valence-electron chi connectivity index (χ0n) is 19.8. The molecule has 2 fully saturated rings. The van der Waals surface area contributed by atoms with Crippen molar-refractivity contribution in [3.63, 3.8) is 0 Å². The molecule has 0 spiro atoms. The summed E-state index contributed by atoms with van der Waals surface area (Å²) in [5.74, 6) is 2.50. The maximum absolute atomic E-state index is 6.17. The van der Waals surface area contributed by atoms with Gasteiger partial charge in [-0.25, -0.2) is 4.99 Å². The molecule has 1 aromatic heterocycles. The number of halogens is 1. The second kappa shape index (κ2) is 12.5. The quantitative estimate of drug-likeness (QED) is 0.310. The average molecular weight is 569 g/mol. The lowest BCUT2D eigenvalue weighted by Gasteiger charge is -2.34. The van der Waals surface area contributed by atoms with Crippen molar-refractivity contribution in [1.29, 1.82) is 0 Å². The first-order chi connectivity index (χ1) is 15.7. The van der Waals surface area contributed by atoms with Crippen molar-refractivity contribution < 1.29 is 14.2 Å². The SMILES string of the molecule is CCNC(=NCc1ccc(OC2CCCC2)c(OC)c1)N1CCOC(c2cnn(C)c2)C1.I. The number of aryl methyl sites for hydroxylation is 1. The topological polar surface area (TPSA) is 73.1 Å². The monoisotopic (exact) mass is 569 g/mol. The van der Waals surface area contributed by atoms with E-state index in [2.05, 4.69) is 28.3 Å². The van der Waals surface area contributed by atoms with Gasteiger partial charge in [0.05, 0.1) is 39.1 Å². The molecule has 1 saturated heterocycles. The molecular weight excluding hydrogens is 533 g/mol. The average Bonchev–Trinajstić information content (AvgIpc) is 3.49. The van der Waals surface area contributed by atoms with Crippen LogP contribution >= 0.6 is 24.0 Å². The molecule has 1 saturated carbocycles. The molecule has 9 heteroatoms. The van der Waals surface area contributed by atoms with Gasteiger partial charge in [0.15, 0.2) is 17.5 Å². The summed E-state index contributed by atoms with van der Waals surface area (Å²) < 4.78 is 19.6. The molecule has 2 heterocycles. The molecule has 0 amide bonds. The number of hydrogen-bond acceptors (Lipinski definition) is 5. The van der Waals surface area contributed by atoms with Gasteiger partial charge in [0.1, 0.15) is 6.10 Å². The Kier molecular flexibility index (Phi) is 9.66. The number of nitrogens with zero attached hydrogens (tertiary/aromatic N) is 4. The van der Waals surface area contributed by atoms with Crippen LogP contribution in [0.1, 0.15) is 49.8 Å². The van der Waals surface area contributed by atoms with Crippen LogP contribution < -0.4 is 14.8 Å². The van der Waals surface area contributed by atoms with E-state index in [9.17, 15) is 0 Å². The van der Waals surface area contributed by atoms with E-state index < -0.39 is 0 Å². The second-order valence-corrected chi connectivity index (χ2v) is 8.43. The first kappa shape index (κ1) is 25.6. The lowest BCUT2D eigenvalue weighted by Crippen LogP contribution is -2.48. The number of morpholine rings is 1. The van der Waals surface area contributed by atoms with Gasteiger partial charge in [-0.3, -0.25) is 4.68 Å². The lowest BCUT2D eigenvalue weighted by molar-refractivity contribution is -0.00805. The van der Waals surface area contributed by atoms with E-state index in [-0.39, 0.29) is 30.1 Å². The summed E-state index contributed by atoms with van der Waals surface area (Å²) in [6.07, 6.45) is 8.93. The molecular formula is C24H36IN5O3. The minimum absolute atomic E-state index is 0. The Bertz CT molecular complexity index is 913. The molecule has 1 N–H and O–H groups in total. The Morgan fingerprint density at radius 2 is 2.09 bits per heavy atom. The number of ether oxygens (including phenoxy) is 3. The largest absolute Gasteiger partial charge is 0.493 e. The van der Waals surface area contributed by atoms with E-state index in [1.807, 2.05) is 36.3 Å². The van der Waals surface area contributed by atoms with Crippen LogP contribution in [0, 0.1) is 0 Å². The van der Waals surface area contributed by atoms with Crippen LogP contribution in [0.2, 0.25) is 0 Å². The summed E-state index contributed by atoms with van der Waals surface area (Å²) in [5.41, 5.74) is 2.18. The third-order valence-corrected chi connectivity index (χ3v) is 6.03. The zero-order chi connectivity index (χ0) is 22.3. The van der Waals surface area contributed by atoms with E-state index in [1.54, 1.807) is 7.11 Å². The van der Waals surface area contributed by atoms with Gasteiger partial charge in [0.25, 0.3) is 0 Å². The number of hydrogen-bond donors (Lipinski definition) is 1. The summed E-state index contributed by atoms with van der Waals surface area (Å²) in [4.78, 5) is 7.17. The first-order valence-electron chi connectivity index (χ1n) is 11.6. The standard InChI is InChI=1S/C24H35N5O3.HI/c1-4-25-24(29-11-12-31-23(17-29)19-15-27-28(2)16-19)26-14-18-9-10-21(22(13-18)30-3)32-20-7-5-6-8-20;/h9-10,13,15-16,20,23H,4-8,11-12,14,17H2,1-3H3,(H,25,26);1H. The van der Waals surface area contributed by atoms with Gasteiger partial charge in [0, 0.05) is 31.9 Å². The van der Waals surface area contributed by atoms with Gasteiger partial charge >= 0.3 is 0 Å². The van der Waals surface area contributed by atoms with E-state index in [1.165, 1.54) is 12.8 Å². The van der Waals surface area contributed by atoms with Crippen molar-refractivity contribution >= 4 is 29.9 Å². The van der Waals surface area contributed by atoms with Gasteiger partial charge in [-0.1, -0.05) is 6.07 Å². The van der Waals surface area contributed by atoms with Gasteiger partial charge in [-0.05, 0) is 50.3 Å². The highest BCUT2D eigenvalue weighted by molar-refractivity contribution is 14.0. The zero-order valence-corrected chi connectivity index (χ0v) is 22.2. The molecule has 1 aliphatic carbocycles. The number of aromatic nitrogens is 2. The molecule has 2 aliphatic rings. The fourth-order valence-electron chi connectivity index (χ4n) is 4.34. The molecule has 1 aliphatic heterocycles. The Morgan fingerprint density at radius 3 is 2.79 bits per heavy atom. The van der Waals surface area contributed by atoms with Crippen LogP contribution in [0.4, 0.5) is 0 Å². The molecule has 1 atom stereocenters. The molecule has 0 radical (unpaired) electrons. The smallest absolute Gasteiger partial charge is 0.194 e. The van der Waals surface area contributed by atoms with E-state index in [0.29, 0.717) is 19.3 Å². The van der Waals surface area contributed by atoms with Crippen molar-refractivity contribution in [3.05, 3.63) is 41.7 Å². The summed E-state index contributed by atoms with van der Waals surface area (Å²) >= 11 is 0. The highest BCUT2D eigenvalue weighted by atomic mass is 127. The van der Waals surface area contributed by atoms with E-state index in [4.69, 9.17) is 19.2 Å². The maximum atomic E-state index is 6.17. The number of nitrogens with one attached hydrogen (secondary N) is 1. The maximum Gasteiger partial charge on any atom is 0.194 e. The third kappa shape index (κ3) is 6.75. The molecule has 1 unspecified atom stereocenters. The molecule has 4 rings (SSSR count). The van der Waals surface area contributed by atoms with Gasteiger partial charge in [-0.15, -0.1) is 24.0 Å². The summed E-state index contributed by atoms with van der Waals surface area (Å²) in [6.45, 7) is 5.68. The summed E-state index contributed by atoms with van der Waals surface area (Å²) in [5, 5.41) is 7.71. The van der Waals surface area contributed by atoms with Crippen molar-refractivity contribution in [2.24, 2.45) is 12.0 Å². The predicted molar refractivity (Wildman–Crippen MR) is 140 cm³/mol. The number of guanidine groups is 1. The normalized spacial score (nSPS) is 19.3. The van der Waals surface area contributed by atoms with Crippen molar-refractivity contribution in [3.8, 4) is 11.5 Å². The second-order valence-electron chi connectivity index (χ2n) is 8.43. The van der Waals surface area contributed by atoms with Gasteiger partial charge < -0.3 is 24.4 Å². The van der Waals surface area contributed by atoms with Crippen molar-refractivity contribution in [2.75, 3.05) is 33.4 Å². The lowest BCUT2D eigenvalue weighted by atomic mass is 10.1. The molecule has 182 valence electrons. The third-order valence-electron chi connectivity index (χ3n) is 6.03. The van der Waals surface area contributed by atoms with E-state index in [0.717, 1.165) is 61.1 Å². The number of aliphatic imine (C=N–C) groups is 1. The van der Waals surface area contributed by atoms with Crippen LogP contribution in [0.25, 0.3) is 0 Å². The Morgan fingerprint density at radius 1 is 1.27 bits per heavy atom. The van der Waals surface area contributed by atoms with Gasteiger partial charge in [-0.2, -0.15) is 5.10 Å². The minimum atomic E-state index is -0.00609. The Balaban J connectivity index is 0.00000306. The number of methoxy groups -OCH3 is 1. The first-order valence-corrected chi connectivity index (χ1v) is 11.6. The number of benzene rings is 1. The molecule has 1 aromatic carbocycles. The minimum Gasteiger partial charge on any atom is -0.493 e. The van der Waals surface area contributed by atoms with Crippen LogP contribution in [-0.4, -0.2) is 60.1 Å². The van der Waals surface area contributed by atoms with Crippen LogP contribution in [0.5, 0.6) is 11.5 Å². The summed E-state index contributed by atoms with van der Waals surface area (Å²) in [6, 6.07) is 6.13. The predicted octanol–water partition coefficient (Wildman–Crippen LogP) is 3.91. The fraction of sp³-hybridized carbons (Fsp3) is 0.583. The fourth-order valence-corrected chi connectivity index (χ4v) is 4.34. The molecule has 0 bridgehead atoms. The van der Waals surface area contributed by atoms with Crippen molar-refractivity contribution in [1.82, 2.24) is 20.0 Å². The molecule has 8 nitrogen and oxygen atoms in total. The Hall–Kier alpha value is -2.01. The highest BCUT2D eigenvalue weighted by Crippen LogP contribution is 2.32. The summed E-state index contributed by atoms with van der Waals surface area (Å²) in [7, 11) is 3.62. The highest BCUT2D eigenvalue weighted by Gasteiger charge is 2.25. The van der Waals surface area contributed by atoms with Crippen LogP contribution in [0.3, 0.4) is 0 Å². The number of rotatable bonds is 7. The van der Waals surface area contributed by atoms with E-state index >= 15 is 0 Å². The molecule has 33 heavy (non-hydrogen) atoms. The van der Waals surface area contributed by atoms with Crippen LogP contribution in [0.15, 0.2) is 35.6 Å². The molecule has 2 aromatic rings. The Labute approximate surface area is 213 Å². The van der Waals surface area contributed by atoms with Crippen LogP contribution in [-0.2, 0) is 18.3 Å². The van der Waals surface area contributed by atoms with Crippen molar-refractivity contribution in [2.45, 2.75) is 51.4 Å².